The number of aryl methyl sites for hydroxylation is 1. The Morgan fingerprint density at radius 3 is 2.47 bits per heavy atom. The number of aromatic nitrogens is 2. The molecule has 0 saturated carbocycles. The predicted octanol–water partition coefficient (Wildman–Crippen LogP) is 5.91. The number of benzene rings is 2. The van der Waals surface area contributed by atoms with E-state index < -0.39 is 29.3 Å². The summed E-state index contributed by atoms with van der Waals surface area (Å²) in [4.78, 5) is 7.26. The second-order valence-electron chi connectivity index (χ2n) is 7.32. The number of hydrogen-bond acceptors (Lipinski definition) is 3. The molecule has 4 rings (SSSR count). The Hall–Kier alpha value is -3.37. The standard InChI is InChI=1S/C21H15F7N4/c1-11-3-2-4-14(18(11)22)19-30-16-8-29-32(10-17(16)31-19)9-12-5-6-13(20(23,24)25)7-15(12)21(26,27)28/h2-8H,9-10H2,1H3,(H,30,31). The molecule has 32 heavy (non-hydrogen) atoms. The summed E-state index contributed by atoms with van der Waals surface area (Å²) in [7, 11) is 0. The van der Waals surface area contributed by atoms with Crippen LogP contribution in [0.3, 0.4) is 0 Å². The number of hydrazone groups is 1. The highest BCUT2D eigenvalue weighted by molar-refractivity contribution is 5.80. The average molecular weight is 456 g/mol. The van der Waals surface area contributed by atoms with Crippen LogP contribution >= 0.6 is 0 Å². The van der Waals surface area contributed by atoms with Crippen molar-refractivity contribution >= 4 is 6.21 Å². The van der Waals surface area contributed by atoms with E-state index in [1.165, 1.54) is 11.2 Å². The maximum atomic E-state index is 14.4. The van der Waals surface area contributed by atoms with Crippen LogP contribution in [0.4, 0.5) is 30.7 Å². The van der Waals surface area contributed by atoms with Crippen molar-refractivity contribution in [2.24, 2.45) is 5.10 Å². The summed E-state index contributed by atoms with van der Waals surface area (Å²) in [5, 5.41) is 5.31. The number of H-pyrrole nitrogens is 1. The van der Waals surface area contributed by atoms with Crippen LogP contribution in [0.1, 0.15) is 33.6 Å². The van der Waals surface area contributed by atoms with E-state index in [1.54, 1.807) is 25.1 Å². The number of hydrogen-bond donors (Lipinski definition) is 1. The summed E-state index contributed by atoms with van der Waals surface area (Å²) in [6, 6.07) is 6.32. The highest BCUT2D eigenvalue weighted by Gasteiger charge is 2.38. The van der Waals surface area contributed by atoms with Gasteiger partial charge in [0.05, 0.1) is 47.4 Å². The van der Waals surface area contributed by atoms with E-state index in [2.05, 4.69) is 15.1 Å². The van der Waals surface area contributed by atoms with Gasteiger partial charge in [-0.05, 0) is 36.2 Å². The Morgan fingerprint density at radius 1 is 1.03 bits per heavy atom. The summed E-state index contributed by atoms with van der Waals surface area (Å²) >= 11 is 0. The van der Waals surface area contributed by atoms with Gasteiger partial charge in [0.2, 0.25) is 0 Å². The molecule has 0 saturated heterocycles. The molecule has 0 radical (unpaired) electrons. The first kappa shape index (κ1) is 21.8. The van der Waals surface area contributed by atoms with E-state index in [4.69, 9.17) is 0 Å². The minimum atomic E-state index is -4.97. The number of halogens is 7. The van der Waals surface area contributed by atoms with Gasteiger partial charge < -0.3 is 4.98 Å². The van der Waals surface area contributed by atoms with Crippen molar-refractivity contribution in [3.05, 3.63) is 75.9 Å². The van der Waals surface area contributed by atoms with E-state index in [9.17, 15) is 30.7 Å². The third kappa shape index (κ3) is 4.19. The van der Waals surface area contributed by atoms with E-state index >= 15 is 0 Å². The lowest BCUT2D eigenvalue weighted by molar-refractivity contribution is -0.143. The number of rotatable bonds is 3. The topological polar surface area (TPSA) is 44.3 Å². The van der Waals surface area contributed by atoms with Gasteiger partial charge in [-0.1, -0.05) is 18.2 Å². The molecule has 0 fully saturated rings. The molecule has 0 spiro atoms. The number of nitrogens with one attached hydrogen (secondary N) is 1. The Balaban J connectivity index is 1.60. The smallest absolute Gasteiger partial charge is 0.337 e. The third-order valence-electron chi connectivity index (χ3n) is 5.04. The maximum absolute atomic E-state index is 14.4. The van der Waals surface area contributed by atoms with Crippen LogP contribution < -0.4 is 0 Å². The van der Waals surface area contributed by atoms with Crippen molar-refractivity contribution in [2.45, 2.75) is 32.4 Å². The molecular formula is C21H15F7N4. The number of imidazole rings is 1. The lowest BCUT2D eigenvalue weighted by Crippen LogP contribution is -2.23. The van der Waals surface area contributed by atoms with Crippen LogP contribution in [0.2, 0.25) is 0 Å². The van der Waals surface area contributed by atoms with Gasteiger partial charge >= 0.3 is 12.4 Å². The fourth-order valence-electron chi connectivity index (χ4n) is 3.41. The number of aromatic amines is 1. The van der Waals surface area contributed by atoms with Crippen LogP contribution in [0.15, 0.2) is 41.5 Å². The van der Waals surface area contributed by atoms with Gasteiger partial charge in [0.15, 0.2) is 0 Å². The SMILES string of the molecule is Cc1cccc(-c2nc3c([nH]2)C=NN(Cc2ccc(C(F)(F)F)cc2C(F)(F)F)C3)c1F. The Labute approximate surface area is 177 Å². The molecule has 1 aliphatic rings. The third-order valence-corrected chi connectivity index (χ3v) is 5.04. The molecule has 0 aliphatic carbocycles. The lowest BCUT2D eigenvalue weighted by Gasteiger charge is -2.23. The zero-order valence-electron chi connectivity index (χ0n) is 16.4. The Kier molecular flexibility index (Phi) is 5.22. The molecule has 1 aliphatic heterocycles. The zero-order chi connectivity index (χ0) is 23.3. The van der Waals surface area contributed by atoms with Gasteiger partial charge in [-0.25, -0.2) is 9.37 Å². The molecule has 2 aromatic carbocycles. The Bertz CT molecular complexity index is 1190. The molecule has 3 aromatic rings. The molecule has 4 nitrogen and oxygen atoms in total. The summed E-state index contributed by atoms with van der Waals surface area (Å²) in [6.07, 6.45) is -8.53. The predicted molar refractivity (Wildman–Crippen MR) is 102 cm³/mol. The first-order valence-corrected chi connectivity index (χ1v) is 9.34. The maximum Gasteiger partial charge on any atom is 0.416 e. The van der Waals surface area contributed by atoms with E-state index in [-0.39, 0.29) is 36.1 Å². The molecule has 1 N–H and O–H groups in total. The molecule has 0 unspecified atom stereocenters. The first-order chi connectivity index (χ1) is 14.9. The van der Waals surface area contributed by atoms with E-state index in [1.807, 2.05) is 0 Å². The summed E-state index contributed by atoms with van der Waals surface area (Å²) in [5.41, 5.74) is -1.55. The van der Waals surface area contributed by atoms with Crippen molar-refractivity contribution in [1.82, 2.24) is 15.0 Å². The summed E-state index contributed by atoms with van der Waals surface area (Å²) in [6.45, 7) is 1.21. The molecule has 0 bridgehead atoms. The van der Waals surface area contributed by atoms with Gasteiger partial charge in [-0.2, -0.15) is 31.4 Å². The second-order valence-corrected chi connectivity index (χ2v) is 7.32. The van der Waals surface area contributed by atoms with Crippen LogP contribution in [-0.4, -0.2) is 21.2 Å². The average Bonchev–Trinajstić information content (AvgIpc) is 3.12. The number of alkyl halides is 6. The van der Waals surface area contributed by atoms with Gasteiger partial charge in [-0.3, -0.25) is 5.01 Å². The van der Waals surface area contributed by atoms with E-state index in [0.29, 0.717) is 23.0 Å². The van der Waals surface area contributed by atoms with Crippen molar-refractivity contribution in [3.63, 3.8) is 0 Å². The van der Waals surface area contributed by atoms with Crippen LogP contribution in [-0.2, 0) is 25.4 Å². The number of nitrogens with zero attached hydrogens (tertiary/aromatic N) is 3. The highest BCUT2D eigenvalue weighted by Crippen LogP contribution is 2.38. The minimum absolute atomic E-state index is 0.00587. The molecule has 168 valence electrons. The highest BCUT2D eigenvalue weighted by atomic mass is 19.4. The molecule has 0 amide bonds. The van der Waals surface area contributed by atoms with Gasteiger partial charge in [0.1, 0.15) is 11.6 Å². The van der Waals surface area contributed by atoms with Gasteiger partial charge in [0, 0.05) is 0 Å². The first-order valence-electron chi connectivity index (χ1n) is 9.34. The van der Waals surface area contributed by atoms with Crippen molar-refractivity contribution < 1.29 is 30.7 Å². The zero-order valence-corrected chi connectivity index (χ0v) is 16.4. The molecule has 0 atom stereocenters. The minimum Gasteiger partial charge on any atom is -0.337 e. The summed E-state index contributed by atoms with van der Waals surface area (Å²) in [5.74, 6) is -0.207. The fourth-order valence-corrected chi connectivity index (χ4v) is 3.41. The molecule has 2 heterocycles. The van der Waals surface area contributed by atoms with Crippen LogP contribution in [0.5, 0.6) is 0 Å². The van der Waals surface area contributed by atoms with Crippen molar-refractivity contribution in [2.75, 3.05) is 0 Å². The number of fused-ring (bicyclic) bond motifs is 1. The molecular weight excluding hydrogens is 441 g/mol. The summed E-state index contributed by atoms with van der Waals surface area (Å²) < 4.78 is 93.2. The van der Waals surface area contributed by atoms with Crippen molar-refractivity contribution in [1.29, 1.82) is 0 Å². The molecule has 11 heteroatoms. The largest absolute Gasteiger partial charge is 0.416 e. The normalized spacial score (nSPS) is 14.1. The van der Waals surface area contributed by atoms with Crippen LogP contribution in [0, 0.1) is 12.7 Å². The fraction of sp³-hybridized carbons (Fsp3) is 0.238. The molecule has 1 aromatic heterocycles. The second kappa shape index (κ2) is 7.64. The lowest BCUT2D eigenvalue weighted by atomic mass is 10.0. The van der Waals surface area contributed by atoms with Gasteiger partial charge in [-0.15, -0.1) is 0 Å². The quantitative estimate of drug-likeness (QED) is 0.498. The van der Waals surface area contributed by atoms with Crippen LogP contribution in [0.25, 0.3) is 11.4 Å². The monoisotopic (exact) mass is 456 g/mol. The Morgan fingerprint density at radius 2 is 1.78 bits per heavy atom. The van der Waals surface area contributed by atoms with Gasteiger partial charge in [0.25, 0.3) is 0 Å². The van der Waals surface area contributed by atoms with Crippen molar-refractivity contribution in [3.8, 4) is 11.4 Å². The van der Waals surface area contributed by atoms with E-state index in [0.717, 1.165) is 6.07 Å².